The molecule has 0 unspecified atom stereocenters. The molecule has 0 radical (unpaired) electrons. The first-order valence-corrected chi connectivity index (χ1v) is 9.16. The van der Waals surface area contributed by atoms with E-state index >= 15 is 0 Å². The number of nitrogens with zero attached hydrogens (tertiary/aromatic N) is 1. The highest BCUT2D eigenvalue weighted by Crippen LogP contribution is 2.15. The lowest BCUT2D eigenvalue weighted by atomic mass is 10.0. The molecule has 7 nitrogen and oxygen atoms in total. The standard InChI is InChI=1S/C22H26N2O5/c1-21(2,3)27-20(26)24-29-22(4,5)19(25)28-23-18(16-12-8-6-9-13-16)17-14-10-7-11-15-17/h6-15H,1-5H3,(H,24,26). The molecule has 0 spiro atoms. The Labute approximate surface area is 170 Å². The highest BCUT2D eigenvalue weighted by Gasteiger charge is 2.33. The summed E-state index contributed by atoms with van der Waals surface area (Å²) >= 11 is 0. The molecule has 2 aromatic rings. The summed E-state index contributed by atoms with van der Waals surface area (Å²) in [5.74, 6) is -0.780. The van der Waals surface area contributed by atoms with E-state index < -0.39 is 23.3 Å². The average molecular weight is 398 g/mol. The SMILES string of the molecule is CC(C)(C)OC(=O)NOC(C)(C)C(=O)ON=C(c1ccccc1)c1ccccc1. The van der Waals surface area contributed by atoms with Gasteiger partial charge in [-0.05, 0) is 34.6 Å². The Bertz CT molecular complexity index is 814. The molecule has 0 aliphatic carbocycles. The lowest BCUT2D eigenvalue weighted by Gasteiger charge is -2.23. The van der Waals surface area contributed by atoms with Crippen LogP contribution in [0.3, 0.4) is 0 Å². The minimum absolute atomic E-state index is 0.496. The maximum absolute atomic E-state index is 12.5. The minimum Gasteiger partial charge on any atom is -0.442 e. The monoisotopic (exact) mass is 398 g/mol. The number of oxime groups is 1. The molecule has 7 heteroatoms. The van der Waals surface area contributed by atoms with E-state index in [9.17, 15) is 9.59 Å². The molecule has 1 amide bonds. The average Bonchev–Trinajstić information content (AvgIpc) is 2.67. The summed E-state index contributed by atoms with van der Waals surface area (Å²) in [6, 6.07) is 18.7. The predicted molar refractivity (Wildman–Crippen MR) is 109 cm³/mol. The molecule has 154 valence electrons. The van der Waals surface area contributed by atoms with Crippen molar-refractivity contribution in [3.05, 3.63) is 71.8 Å². The summed E-state index contributed by atoms with van der Waals surface area (Å²) in [6.45, 7) is 8.06. The summed E-state index contributed by atoms with van der Waals surface area (Å²) < 4.78 is 5.07. The zero-order valence-electron chi connectivity index (χ0n) is 17.3. The second kappa shape index (κ2) is 9.34. The summed E-state index contributed by atoms with van der Waals surface area (Å²) in [4.78, 5) is 34.5. The third-order valence-electron chi connectivity index (χ3n) is 3.59. The van der Waals surface area contributed by atoms with Gasteiger partial charge in [0, 0.05) is 11.1 Å². The number of carbonyl (C=O) groups excluding carboxylic acids is 2. The van der Waals surface area contributed by atoms with Crippen LogP contribution in [0.5, 0.6) is 0 Å². The maximum atomic E-state index is 12.5. The lowest BCUT2D eigenvalue weighted by Crippen LogP contribution is -2.44. The van der Waals surface area contributed by atoms with Crippen molar-refractivity contribution in [1.82, 2.24) is 5.48 Å². The first-order valence-electron chi connectivity index (χ1n) is 9.16. The molecule has 0 saturated heterocycles. The van der Waals surface area contributed by atoms with Crippen molar-refractivity contribution in [3.8, 4) is 0 Å². The second-order valence-corrected chi connectivity index (χ2v) is 7.77. The van der Waals surface area contributed by atoms with Crippen LogP contribution in [0.15, 0.2) is 65.8 Å². The Morgan fingerprint density at radius 1 is 0.828 bits per heavy atom. The van der Waals surface area contributed by atoms with Crippen LogP contribution in [0.1, 0.15) is 45.7 Å². The highest BCUT2D eigenvalue weighted by atomic mass is 16.7. The Morgan fingerprint density at radius 2 is 1.31 bits per heavy atom. The Kier molecular flexibility index (Phi) is 7.12. The van der Waals surface area contributed by atoms with Crippen LogP contribution in [0.2, 0.25) is 0 Å². The summed E-state index contributed by atoms with van der Waals surface area (Å²) in [7, 11) is 0. The highest BCUT2D eigenvalue weighted by molar-refractivity contribution is 6.12. The van der Waals surface area contributed by atoms with Crippen molar-refractivity contribution in [3.63, 3.8) is 0 Å². The number of nitrogens with one attached hydrogen (secondary N) is 1. The molecule has 2 aromatic carbocycles. The van der Waals surface area contributed by atoms with Crippen molar-refractivity contribution in [1.29, 1.82) is 0 Å². The molecule has 0 bridgehead atoms. The molecule has 0 aliphatic rings. The molecular weight excluding hydrogens is 372 g/mol. The fourth-order valence-corrected chi connectivity index (χ4v) is 2.17. The largest absolute Gasteiger partial charge is 0.442 e. The van der Waals surface area contributed by atoms with Crippen molar-refractivity contribution < 1.29 is 24.0 Å². The van der Waals surface area contributed by atoms with Crippen LogP contribution in [0.25, 0.3) is 0 Å². The first-order chi connectivity index (χ1) is 13.6. The van der Waals surface area contributed by atoms with Gasteiger partial charge in [0.2, 0.25) is 0 Å². The number of rotatable bonds is 6. The van der Waals surface area contributed by atoms with E-state index in [1.807, 2.05) is 60.7 Å². The molecule has 0 aliphatic heterocycles. The molecule has 0 atom stereocenters. The number of carbonyl (C=O) groups is 2. The van der Waals surface area contributed by atoms with E-state index in [2.05, 4.69) is 10.6 Å². The summed E-state index contributed by atoms with van der Waals surface area (Å²) in [5, 5.41) is 4.06. The number of hydrogen-bond donors (Lipinski definition) is 1. The smallest absolute Gasteiger partial charge is 0.431 e. The van der Waals surface area contributed by atoms with E-state index in [0.717, 1.165) is 11.1 Å². The normalized spacial score (nSPS) is 11.3. The van der Waals surface area contributed by atoms with E-state index in [4.69, 9.17) is 14.4 Å². The number of hydrogen-bond acceptors (Lipinski definition) is 6. The molecule has 29 heavy (non-hydrogen) atoms. The van der Waals surface area contributed by atoms with Gasteiger partial charge in [-0.3, -0.25) is 4.84 Å². The van der Waals surface area contributed by atoms with Crippen LogP contribution in [0.4, 0.5) is 4.79 Å². The van der Waals surface area contributed by atoms with Crippen LogP contribution in [0, 0.1) is 0 Å². The molecular formula is C22H26N2O5. The minimum atomic E-state index is -1.49. The van der Waals surface area contributed by atoms with Gasteiger partial charge >= 0.3 is 12.1 Å². The van der Waals surface area contributed by atoms with Gasteiger partial charge in [0.05, 0.1) is 0 Å². The van der Waals surface area contributed by atoms with Crippen LogP contribution in [-0.2, 0) is 19.2 Å². The number of amides is 1. The van der Waals surface area contributed by atoms with Gasteiger partial charge < -0.3 is 9.57 Å². The maximum Gasteiger partial charge on any atom is 0.431 e. The first kappa shape index (κ1) is 22.1. The fourth-order valence-electron chi connectivity index (χ4n) is 2.17. The van der Waals surface area contributed by atoms with Crippen LogP contribution in [-0.4, -0.2) is 29.0 Å². The van der Waals surface area contributed by atoms with E-state index in [-0.39, 0.29) is 0 Å². The van der Waals surface area contributed by atoms with Crippen molar-refractivity contribution in [2.45, 2.75) is 45.8 Å². The van der Waals surface area contributed by atoms with E-state index in [1.165, 1.54) is 13.8 Å². The number of ether oxygens (including phenoxy) is 1. The van der Waals surface area contributed by atoms with Crippen molar-refractivity contribution >= 4 is 17.8 Å². The second-order valence-electron chi connectivity index (χ2n) is 7.77. The predicted octanol–water partition coefficient (Wildman–Crippen LogP) is 4.22. The van der Waals surface area contributed by atoms with Gasteiger partial charge in [0.1, 0.15) is 11.3 Å². The summed E-state index contributed by atoms with van der Waals surface area (Å²) in [6.07, 6.45) is -0.809. The van der Waals surface area contributed by atoms with E-state index in [1.54, 1.807) is 20.8 Å². The Morgan fingerprint density at radius 3 is 1.76 bits per heavy atom. The van der Waals surface area contributed by atoms with Gasteiger partial charge in [-0.1, -0.05) is 65.8 Å². The third-order valence-corrected chi connectivity index (χ3v) is 3.59. The Balaban J connectivity index is 2.11. The molecule has 1 N–H and O–H groups in total. The molecule has 0 fully saturated rings. The van der Waals surface area contributed by atoms with Gasteiger partial charge in [0.25, 0.3) is 0 Å². The number of benzene rings is 2. The fraction of sp³-hybridized carbons (Fsp3) is 0.318. The van der Waals surface area contributed by atoms with Gasteiger partial charge in [-0.2, -0.15) is 5.48 Å². The van der Waals surface area contributed by atoms with Gasteiger partial charge in [-0.25, -0.2) is 9.59 Å². The van der Waals surface area contributed by atoms with Crippen molar-refractivity contribution in [2.75, 3.05) is 0 Å². The molecule has 2 rings (SSSR count). The van der Waals surface area contributed by atoms with Crippen LogP contribution >= 0.6 is 0 Å². The zero-order chi connectivity index (χ0) is 21.5. The van der Waals surface area contributed by atoms with E-state index in [0.29, 0.717) is 5.71 Å². The molecule has 0 heterocycles. The Hall–Kier alpha value is -3.19. The third kappa shape index (κ3) is 7.04. The molecule has 0 aromatic heterocycles. The summed E-state index contributed by atoms with van der Waals surface area (Å²) in [5.41, 5.74) is 2.00. The zero-order valence-corrected chi connectivity index (χ0v) is 17.3. The van der Waals surface area contributed by atoms with Gasteiger partial charge in [-0.15, -0.1) is 0 Å². The van der Waals surface area contributed by atoms with Crippen molar-refractivity contribution in [2.24, 2.45) is 5.16 Å². The molecule has 0 saturated carbocycles. The lowest BCUT2D eigenvalue weighted by molar-refractivity contribution is -0.176. The number of hydroxylamine groups is 1. The van der Waals surface area contributed by atoms with Crippen LogP contribution < -0.4 is 5.48 Å². The topological polar surface area (TPSA) is 86.2 Å². The quantitative estimate of drug-likeness (QED) is 0.447. The van der Waals surface area contributed by atoms with Gasteiger partial charge in [0.15, 0.2) is 5.60 Å².